The number of carbonyl (C=O) groups excluding carboxylic acids is 2. The van der Waals surface area contributed by atoms with E-state index in [2.05, 4.69) is 4.72 Å². The van der Waals surface area contributed by atoms with Gasteiger partial charge in [-0.25, -0.2) is 17.9 Å². The molecule has 0 atom stereocenters. The molecule has 26 heavy (non-hydrogen) atoms. The highest BCUT2D eigenvalue weighted by atomic mass is 32.2. The van der Waals surface area contributed by atoms with Gasteiger partial charge in [0.2, 0.25) is 10.0 Å². The number of nitrogens with zero attached hydrogens (tertiary/aromatic N) is 2. The van der Waals surface area contributed by atoms with Crippen molar-refractivity contribution in [1.29, 1.82) is 0 Å². The Morgan fingerprint density at radius 1 is 1.08 bits per heavy atom. The van der Waals surface area contributed by atoms with Crippen LogP contribution in [0.4, 0.5) is 4.79 Å². The Balaban J connectivity index is 2.24. The maximum atomic E-state index is 12.8. The van der Waals surface area contributed by atoms with Crippen LogP contribution in [0.25, 0.3) is 0 Å². The first-order chi connectivity index (χ1) is 12.3. The molecule has 0 aromatic heterocycles. The molecule has 1 aromatic rings. The van der Waals surface area contributed by atoms with Crippen molar-refractivity contribution in [3.63, 3.8) is 0 Å². The van der Waals surface area contributed by atoms with Gasteiger partial charge in [-0.05, 0) is 31.7 Å². The van der Waals surface area contributed by atoms with Crippen LogP contribution in [0.1, 0.15) is 16.8 Å². The molecule has 2 rings (SSSR count). The zero-order chi connectivity index (χ0) is 19.3. The smallest absolute Gasteiger partial charge is 0.409 e. The van der Waals surface area contributed by atoms with Crippen molar-refractivity contribution in [2.75, 3.05) is 47.4 Å². The third kappa shape index (κ3) is 4.25. The lowest BCUT2D eigenvalue weighted by Crippen LogP contribution is -2.37. The molecule has 0 aliphatic carbocycles. The van der Waals surface area contributed by atoms with Crippen molar-refractivity contribution in [3.05, 3.63) is 23.8 Å². The first-order valence-corrected chi connectivity index (χ1v) is 9.56. The molecule has 0 radical (unpaired) electrons. The summed E-state index contributed by atoms with van der Waals surface area (Å²) in [6, 6.07) is 4.28. The van der Waals surface area contributed by atoms with Crippen LogP contribution in [0.3, 0.4) is 0 Å². The van der Waals surface area contributed by atoms with E-state index in [1.54, 1.807) is 4.90 Å². The van der Waals surface area contributed by atoms with Gasteiger partial charge in [-0.15, -0.1) is 0 Å². The van der Waals surface area contributed by atoms with Crippen LogP contribution in [0.5, 0.6) is 5.75 Å². The van der Waals surface area contributed by atoms with Crippen LogP contribution in [-0.4, -0.2) is 77.7 Å². The number of hydrogen-bond donors (Lipinski definition) is 1. The first kappa shape index (κ1) is 20.0. The normalized spacial score (nSPS) is 15.3. The van der Waals surface area contributed by atoms with E-state index in [0.29, 0.717) is 32.6 Å². The van der Waals surface area contributed by atoms with Crippen LogP contribution < -0.4 is 9.46 Å². The number of carbonyl (C=O) groups is 2. The second kappa shape index (κ2) is 8.37. The van der Waals surface area contributed by atoms with Crippen molar-refractivity contribution in [2.45, 2.75) is 11.3 Å². The second-order valence-corrected chi connectivity index (χ2v) is 7.53. The Morgan fingerprint density at radius 2 is 1.73 bits per heavy atom. The molecular weight excluding hydrogens is 362 g/mol. The SMILES string of the molecule is CNS(=O)(=O)c1cc(C(=O)N2CCCN(C(=O)OC)CC2)ccc1OC. The summed E-state index contributed by atoms with van der Waals surface area (Å²) in [5, 5.41) is 0. The van der Waals surface area contributed by atoms with Gasteiger partial charge in [-0.2, -0.15) is 0 Å². The molecule has 1 heterocycles. The number of hydrogen-bond acceptors (Lipinski definition) is 6. The predicted molar refractivity (Wildman–Crippen MR) is 93.7 cm³/mol. The van der Waals surface area contributed by atoms with Crippen LogP contribution in [0.2, 0.25) is 0 Å². The van der Waals surface area contributed by atoms with Gasteiger partial charge >= 0.3 is 6.09 Å². The summed E-state index contributed by atoms with van der Waals surface area (Å²) in [6.45, 7) is 1.66. The Morgan fingerprint density at radius 3 is 2.35 bits per heavy atom. The minimum atomic E-state index is -3.77. The van der Waals surface area contributed by atoms with Crippen LogP contribution in [0.15, 0.2) is 23.1 Å². The van der Waals surface area contributed by atoms with E-state index in [1.165, 1.54) is 44.4 Å². The summed E-state index contributed by atoms with van der Waals surface area (Å²) in [4.78, 5) is 27.5. The summed E-state index contributed by atoms with van der Waals surface area (Å²) in [5.41, 5.74) is 0.242. The molecule has 1 aromatic carbocycles. The Hall–Kier alpha value is -2.33. The standard InChI is InChI=1S/C16H23N3O6S/c1-17-26(22,23)14-11-12(5-6-13(14)24-2)15(20)18-7-4-8-19(10-9-18)16(21)25-3/h5-6,11,17H,4,7-10H2,1-3H3. The van der Waals surface area contributed by atoms with Gasteiger partial charge in [0, 0.05) is 31.7 Å². The highest BCUT2D eigenvalue weighted by molar-refractivity contribution is 7.89. The first-order valence-electron chi connectivity index (χ1n) is 8.07. The Bertz CT molecular complexity index is 780. The fourth-order valence-corrected chi connectivity index (χ4v) is 3.66. The number of nitrogens with one attached hydrogen (secondary N) is 1. The highest BCUT2D eigenvalue weighted by Gasteiger charge is 2.25. The highest BCUT2D eigenvalue weighted by Crippen LogP contribution is 2.25. The third-order valence-electron chi connectivity index (χ3n) is 4.18. The molecule has 10 heteroatoms. The largest absolute Gasteiger partial charge is 0.495 e. The lowest BCUT2D eigenvalue weighted by molar-refractivity contribution is 0.0757. The van der Waals surface area contributed by atoms with Gasteiger partial charge in [-0.1, -0.05) is 0 Å². The molecule has 1 fully saturated rings. The summed E-state index contributed by atoms with van der Waals surface area (Å²) in [5.74, 6) is -0.143. The fourth-order valence-electron chi connectivity index (χ4n) is 2.74. The molecule has 1 N–H and O–H groups in total. The lowest BCUT2D eigenvalue weighted by atomic mass is 10.2. The molecule has 144 valence electrons. The van der Waals surface area contributed by atoms with Crippen molar-refractivity contribution in [1.82, 2.24) is 14.5 Å². The van der Waals surface area contributed by atoms with E-state index in [0.717, 1.165) is 0 Å². The zero-order valence-electron chi connectivity index (χ0n) is 15.0. The van der Waals surface area contributed by atoms with Crippen molar-refractivity contribution < 1.29 is 27.5 Å². The third-order valence-corrected chi connectivity index (χ3v) is 5.62. The van der Waals surface area contributed by atoms with E-state index in [4.69, 9.17) is 9.47 Å². The molecule has 0 bridgehead atoms. The van der Waals surface area contributed by atoms with E-state index in [9.17, 15) is 18.0 Å². The molecule has 1 saturated heterocycles. The minimum absolute atomic E-state index is 0.0978. The molecular formula is C16H23N3O6S. The summed E-state index contributed by atoms with van der Waals surface area (Å²) in [6.07, 6.45) is 0.185. The lowest BCUT2D eigenvalue weighted by Gasteiger charge is -2.22. The number of benzene rings is 1. The molecule has 0 unspecified atom stereocenters. The summed E-state index contributed by atoms with van der Waals surface area (Å²) < 4.78 is 36.3. The minimum Gasteiger partial charge on any atom is -0.495 e. The number of amides is 2. The second-order valence-electron chi connectivity index (χ2n) is 5.68. The van der Waals surface area contributed by atoms with Crippen molar-refractivity contribution in [3.8, 4) is 5.75 Å². The number of methoxy groups -OCH3 is 2. The zero-order valence-corrected chi connectivity index (χ0v) is 15.8. The average molecular weight is 385 g/mol. The number of sulfonamides is 1. The summed E-state index contributed by atoms with van der Waals surface area (Å²) in [7, 11) is 0.197. The van der Waals surface area contributed by atoms with E-state index >= 15 is 0 Å². The average Bonchev–Trinajstić information content (AvgIpc) is 2.92. The monoisotopic (exact) mass is 385 g/mol. The quantitative estimate of drug-likeness (QED) is 0.810. The van der Waals surface area contributed by atoms with Crippen LogP contribution in [0, 0.1) is 0 Å². The molecule has 9 nitrogen and oxygen atoms in total. The van der Waals surface area contributed by atoms with Crippen LogP contribution >= 0.6 is 0 Å². The maximum Gasteiger partial charge on any atom is 0.409 e. The topological polar surface area (TPSA) is 105 Å². The van der Waals surface area contributed by atoms with Gasteiger partial charge in [0.1, 0.15) is 10.6 Å². The van der Waals surface area contributed by atoms with Gasteiger partial charge in [0.15, 0.2) is 0 Å². The van der Waals surface area contributed by atoms with E-state index in [-0.39, 0.29) is 22.1 Å². The molecule has 1 aliphatic rings. The predicted octanol–water partition coefficient (Wildman–Crippen LogP) is 0.518. The van der Waals surface area contributed by atoms with Crippen molar-refractivity contribution >= 4 is 22.0 Å². The van der Waals surface area contributed by atoms with Gasteiger partial charge < -0.3 is 19.3 Å². The number of ether oxygens (including phenoxy) is 2. The van der Waals surface area contributed by atoms with E-state index in [1.807, 2.05) is 0 Å². The number of rotatable bonds is 4. The molecule has 1 aliphatic heterocycles. The Labute approximate surface area is 152 Å². The van der Waals surface area contributed by atoms with Gasteiger partial charge in [-0.3, -0.25) is 4.79 Å². The molecule has 2 amide bonds. The summed E-state index contributed by atoms with van der Waals surface area (Å²) >= 11 is 0. The maximum absolute atomic E-state index is 12.8. The molecule has 0 saturated carbocycles. The van der Waals surface area contributed by atoms with E-state index < -0.39 is 16.1 Å². The van der Waals surface area contributed by atoms with Crippen molar-refractivity contribution in [2.24, 2.45) is 0 Å². The van der Waals surface area contributed by atoms with Gasteiger partial charge in [0.25, 0.3) is 5.91 Å². The molecule has 0 spiro atoms. The Kier molecular flexibility index (Phi) is 6.43. The fraction of sp³-hybridized carbons (Fsp3) is 0.500. The van der Waals surface area contributed by atoms with Crippen LogP contribution in [-0.2, 0) is 14.8 Å². The van der Waals surface area contributed by atoms with Gasteiger partial charge in [0.05, 0.1) is 14.2 Å².